The fourth-order valence-electron chi connectivity index (χ4n) is 2.62. The minimum atomic E-state index is -3.49. The van der Waals surface area contributed by atoms with Crippen molar-refractivity contribution in [2.75, 3.05) is 6.26 Å². The van der Waals surface area contributed by atoms with Crippen molar-refractivity contribution in [2.24, 2.45) is 0 Å². The van der Waals surface area contributed by atoms with Crippen LogP contribution in [0.3, 0.4) is 0 Å². The van der Waals surface area contributed by atoms with E-state index in [1.165, 1.54) is 12.1 Å². The van der Waals surface area contributed by atoms with Gasteiger partial charge in [-0.2, -0.15) is 0 Å². The molecule has 138 valence electrons. The van der Waals surface area contributed by atoms with E-state index < -0.39 is 27.8 Å². The minimum absolute atomic E-state index is 0.0857. The molecule has 0 heterocycles. The summed E-state index contributed by atoms with van der Waals surface area (Å²) in [6, 6.07) is 12.2. The van der Waals surface area contributed by atoms with Gasteiger partial charge < -0.3 is 10.4 Å². The van der Waals surface area contributed by atoms with Gasteiger partial charge in [0.25, 0.3) is 5.91 Å². The van der Waals surface area contributed by atoms with Crippen molar-refractivity contribution in [2.45, 2.75) is 30.7 Å². The first-order chi connectivity index (χ1) is 12.2. The van der Waals surface area contributed by atoms with Crippen LogP contribution in [0.5, 0.6) is 0 Å². The average molecular weight is 375 g/mol. The SMILES string of the molecule is CCc1ccc(C(=O)NC(Cc2ccccc2)C(=O)O)cc1S(C)(=O)=O. The van der Waals surface area contributed by atoms with Gasteiger partial charge in [0, 0.05) is 18.2 Å². The van der Waals surface area contributed by atoms with Crippen LogP contribution in [0.4, 0.5) is 0 Å². The summed E-state index contributed by atoms with van der Waals surface area (Å²) in [5.41, 5.74) is 1.50. The largest absolute Gasteiger partial charge is 0.480 e. The Balaban J connectivity index is 2.26. The van der Waals surface area contributed by atoms with Crippen molar-refractivity contribution in [1.82, 2.24) is 5.32 Å². The Morgan fingerprint density at radius 3 is 2.31 bits per heavy atom. The molecule has 7 heteroatoms. The van der Waals surface area contributed by atoms with Gasteiger partial charge in [-0.15, -0.1) is 0 Å². The summed E-state index contributed by atoms with van der Waals surface area (Å²) < 4.78 is 23.9. The molecule has 0 aliphatic rings. The van der Waals surface area contributed by atoms with Crippen LogP contribution in [0.2, 0.25) is 0 Å². The standard InChI is InChI=1S/C19H21NO5S/c1-3-14-9-10-15(12-17(14)26(2,24)25)18(21)20-16(19(22)23)11-13-7-5-4-6-8-13/h4-10,12,16H,3,11H2,1-2H3,(H,20,21)(H,22,23). The number of aryl methyl sites for hydroxylation is 1. The highest BCUT2D eigenvalue weighted by Gasteiger charge is 2.22. The van der Waals surface area contributed by atoms with Gasteiger partial charge in [0.2, 0.25) is 0 Å². The monoisotopic (exact) mass is 375 g/mol. The predicted molar refractivity (Wildman–Crippen MR) is 98.0 cm³/mol. The molecule has 2 aromatic rings. The number of benzene rings is 2. The summed E-state index contributed by atoms with van der Waals surface area (Å²) in [6.45, 7) is 1.82. The molecule has 0 aliphatic heterocycles. The lowest BCUT2D eigenvalue weighted by Gasteiger charge is -2.15. The summed E-state index contributed by atoms with van der Waals surface area (Å²) in [5.74, 6) is -1.78. The second-order valence-corrected chi connectivity index (χ2v) is 7.99. The normalized spacial score (nSPS) is 12.4. The van der Waals surface area contributed by atoms with E-state index in [0.29, 0.717) is 12.0 Å². The fraction of sp³-hybridized carbons (Fsp3) is 0.263. The number of amides is 1. The lowest BCUT2D eigenvalue weighted by atomic mass is 10.0. The van der Waals surface area contributed by atoms with Crippen LogP contribution in [-0.4, -0.2) is 37.7 Å². The van der Waals surface area contributed by atoms with E-state index in [0.717, 1.165) is 11.8 Å². The second kappa shape index (κ2) is 8.14. The first kappa shape index (κ1) is 19.7. The van der Waals surface area contributed by atoms with Gasteiger partial charge in [0.1, 0.15) is 6.04 Å². The molecule has 26 heavy (non-hydrogen) atoms. The van der Waals surface area contributed by atoms with E-state index in [-0.39, 0.29) is 16.9 Å². The molecule has 2 aromatic carbocycles. The Kier molecular flexibility index (Phi) is 6.15. The second-order valence-electron chi connectivity index (χ2n) is 6.00. The molecular formula is C19H21NO5S. The molecule has 1 amide bonds. The zero-order valence-corrected chi connectivity index (χ0v) is 15.4. The molecule has 6 nitrogen and oxygen atoms in total. The molecule has 0 radical (unpaired) electrons. The maximum absolute atomic E-state index is 12.5. The number of hydrogen-bond donors (Lipinski definition) is 2. The van der Waals surface area contributed by atoms with Crippen molar-refractivity contribution in [3.8, 4) is 0 Å². The Morgan fingerprint density at radius 1 is 1.12 bits per heavy atom. The Labute approximate surface area is 152 Å². The van der Waals surface area contributed by atoms with Crippen molar-refractivity contribution < 1.29 is 23.1 Å². The number of hydrogen-bond acceptors (Lipinski definition) is 4. The van der Waals surface area contributed by atoms with Crippen LogP contribution in [0.25, 0.3) is 0 Å². The third-order valence-electron chi connectivity index (χ3n) is 4.00. The number of carboxylic acid groups (broad SMARTS) is 1. The third-order valence-corrected chi connectivity index (χ3v) is 5.17. The van der Waals surface area contributed by atoms with Crippen LogP contribution < -0.4 is 5.32 Å². The van der Waals surface area contributed by atoms with Gasteiger partial charge >= 0.3 is 5.97 Å². The van der Waals surface area contributed by atoms with Crippen molar-refractivity contribution in [3.63, 3.8) is 0 Å². The van der Waals surface area contributed by atoms with Crippen LogP contribution in [0.15, 0.2) is 53.4 Å². The number of carboxylic acids is 1. The molecular weight excluding hydrogens is 354 g/mol. The molecule has 0 saturated carbocycles. The average Bonchev–Trinajstić information content (AvgIpc) is 2.60. The van der Waals surface area contributed by atoms with Gasteiger partial charge in [-0.3, -0.25) is 4.79 Å². The van der Waals surface area contributed by atoms with Gasteiger partial charge in [-0.05, 0) is 29.7 Å². The highest BCUT2D eigenvalue weighted by atomic mass is 32.2. The summed E-state index contributed by atoms with van der Waals surface area (Å²) in [4.78, 5) is 24.0. The molecule has 0 saturated heterocycles. The Bertz CT molecular complexity index is 907. The molecule has 0 spiro atoms. The highest BCUT2D eigenvalue weighted by molar-refractivity contribution is 7.90. The minimum Gasteiger partial charge on any atom is -0.480 e. The fourth-order valence-corrected chi connectivity index (χ4v) is 3.65. The zero-order chi connectivity index (χ0) is 19.3. The van der Waals surface area contributed by atoms with Crippen LogP contribution in [0, 0.1) is 0 Å². The van der Waals surface area contributed by atoms with E-state index in [9.17, 15) is 23.1 Å². The van der Waals surface area contributed by atoms with E-state index in [1.807, 2.05) is 13.0 Å². The van der Waals surface area contributed by atoms with E-state index >= 15 is 0 Å². The van der Waals surface area contributed by atoms with Crippen molar-refractivity contribution in [1.29, 1.82) is 0 Å². The number of aliphatic carboxylic acids is 1. The Hall–Kier alpha value is -2.67. The van der Waals surface area contributed by atoms with Gasteiger partial charge in [0.05, 0.1) is 4.90 Å². The Morgan fingerprint density at radius 2 is 1.77 bits per heavy atom. The molecule has 0 aromatic heterocycles. The molecule has 1 unspecified atom stereocenters. The smallest absolute Gasteiger partial charge is 0.326 e. The lowest BCUT2D eigenvalue weighted by Crippen LogP contribution is -2.42. The highest BCUT2D eigenvalue weighted by Crippen LogP contribution is 2.19. The third kappa shape index (κ3) is 4.92. The number of carbonyl (C=O) groups is 2. The summed E-state index contributed by atoms with van der Waals surface area (Å²) >= 11 is 0. The quantitative estimate of drug-likeness (QED) is 0.772. The molecule has 0 fully saturated rings. The predicted octanol–water partition coefficient (Wildman–Crippen LogP) is 2.08. The van der Waals surface area contributed by atoms with Crippen molar-refractivity contribution >= 4 is 21.7 Å². The molecule has 0 aliphatic carbocycles. The lowest BCUT2D eigenvalue weighted by molar-refractivity contribution is -0.139. The summed E-state index contributed by atoms with van der Waals surface area (Å²) in [7, 11) is -3.49. The summed E-state index contributed by atoms with van der Waals surface area (Å²) in [5, 5.41) is 11.8. The van der Waals surface area contributed by atoms with Crippen LogP contribution in [0.1, 0.15) is 28.4 Å². The maximum atomic E-state index is 12.5. The van der Waals surface area contributed by atoms with Gasteiger partial charge in [0.15, 0.2) is 9.84 Å². The molecule has 2 rings (SSSR count). The van der Waals surface area contributed by atoms with E-state index in [1.54, 1.807) is 30.3 Å². The van der Waals surface area contributed by atoms with Crippen LogP contribution in [-0.2, 0) is 27.5 Å². The summed E-state index contributed by atoms with van der Waals surface area (Å²) in [6.07, 6.45) is 1.72. The zero-order valence-electron chi connectivity index (χ0n) is 14.6. The van der Waals surface area contributed by atoms with Crippen LogP contribution >= 0.6 is 0 Å². The number of rotatable bonds is 7. The van der Waals surface area contributed by atoms with Gasteiger partial charge in [-0.1, -0.05) is 43.3 Å². The molecule has 1 atom stereocenters. The molecule has 2 N–H and O–H groups in total. The first-order valence-electron chi connectivity index (χ1n) is 8.13. The first-order valence-corrected chi connectivity index (χ1v) is 10.0. The molecule has 0 bridgehead atoms. The number of nitrogens with one attached hydrogen (secondary N) is 1. The van der Waals surface area contributed by atoms with Gasteiger partial charge in [-0.25, -0.2) is 13.2 Å². The van der Waals surface area contributed by atoms with Crippen molar-refractivity contribution in [3.05, 3.63) is 65.2 Å². The number of carbonyl (C=O) groups excluding carboxylic acids is 1. The van der Waals surface area contributed by atoms with E-state index in [2.05, 4.69) is 5.32 Å². The topological polar surface area (TPSA) is 101 Å². The van der Waals surface area contributed by atoms with E-state index in [4.69, 9.17) is 0 Å². The maximum Gasteiger partial charge on any atom is 0.326 e. The number of sulfone groups is 1.